The van der Waals surface area contributed by atoms with Gasteiger partial charge in [0.2, 0.25) is 0 Å². The maximum absolute atomic E-state index is 6.35. The molecule has 108 valence electrons. The molecule has 1 heterocycles. The molecule has 0 aliphatic rings. The largest absolute Gasteiger partial charge is 0.383 e. The van der Waals surface area contributed by atoms with Crippen molar-refractivity contribution in [2.24, 2.45) is 0 Å². The van der Waals surface area contributed by atoms with E-state index in [1.54, 1.807) is 7.11 Å². The number of hydrogen-bond donors (Lipinski definition) is 1. The van der Waals surface area contributed by atoms with Crippen molar-refractivity contribution in [3.63, 3.8) is 0 Å². The third-order valence-electron chi connectivity index (χ3n) is 3.17. The molecule has 1 aromatic heterocycles. The van der Waals surface area contributed by atoms with E-state index in [2.05, 4.69) is 27.9 Å². The van der Waals surface area contributed by atoms with Crippen LogP contribution in [0.5, 0.6) is 0 Å². The Morgan fingerprint density at radius 2 is 2.25 bits per heavy atom. The van der Waals surface area contributed by atoms with E-state index in [1.807, 2.05) is 24.5 Å². The molecule has 0 saturated heterocycles. The lowest BCUT2D eigenvalue weighted by Gasteiger charge is -2.15. The van der Waals surface area contributed by atoms with Crippen LogP contribution in [0.4, 0.5) is 0 Å². The predicted octanol–water partition coefficient (Wildman–Crippen LogP) is 2.82. The lowest BCUT2D eigenvalue weighted by atomic mass is 10.1. The Hall–Kier alpha value is -1.36. The van der Waals surface area contributed by atoms with Crippen molar-refractivity contribution in [2.75, 3.05) is 20.3 Å². The minimum Gasteiger partial charge on any atom is -0.383 e. The Balaban J connectivity index is 2.26. The number of nitrogens with one attached hydrogen (secondary N) is 1. The Labute approximate surface area is 124 Å². The summed E-state index contributed by atoms with van der Waals surface area (Å²) < 4.78 is 7.13. The van der Waals surface area contributed by atoms with Gasteiger partial charge in [0.15, 0.2) is 0 Å². The Kier molecular flexibility index (Phi) is 5.59. The number of aromatic nitrogens is 2. The molecule has 1 aromatic carbocycles. The molecule has 0 saturated carbocycles. The van der Waals surface area contributed by atoms with Gasteiger partial charge in [-0.15, -0.1) is 0 Å². The van der Waals surface area contributed by atoms with Gasteiger partial charge in [0.25, 0.3) is 0 Å². The fourth-order valence-electron chi connectivity index (χ4n) is 2.15. The molecule has 0 amide bonds. The summed E-state index contributed by atoms with van der Waals surface area (Å²) in [6.45, 7) is 4.29. The summed E-state index contributed by atoms with van der Waals surface area (Å²) in [4.78, 5) is 4.37. The van der Waals surface area contributed by atoms with Crippen LogP contribution in [0.2, 0.25) is 5.02 Å². The SMILES string of the molecule is CCc1nccn1-c1cccc(Cl)c1CNCCOC. The summed E-state index contributed by atoms with van der Waals surface area (Å²) in [5.41, 5.74) is 2.16. The van der Waals surface area contributed by atoms with Crippen LogP contribution >= 0.6 is 11.6 Å². The van der Waals surface area contributed by atoms with Crippen LogP contribution in [-0.4, -0.2) is 29.8 Å². The topological polar surface area (TPSA) is 39.1 Å². The Morgan fingerprint density at radius 1 is 1.40 bits per heavy atom. The smallest absolute Gasteiger partial charge is 0.112 e. The van der Waals surface area contributed by atoms with Crippen molar-refractivity contribution in [2.45, 2.75) is 19.9 Å². The van der Waals surface area contributed by atoms with Crippen molar-refractivity contribution in [1.82, 2.24) is 14.9 Å². The van der Waals surface area contributed by atoms with Crippen molar-refractivity contribution in [3.05, 3.63) is 47.0 Å². The first-order valence-electron chi connectivity index (χ1n) is 6.77. The number of benzene rings is 1. The average molecular weight is 294 g/mol. The highest BCUT2D eigenvalue weighted by molar-refractivity contribution is 6.31. The van der Waals surface area contributed by atoms with E-state index in [1.165, 1.54) is 0 Å². The van der Waals surface area contributed by atoms with Crippen LogP contribution in [0.15, 0.2) is 30.6 Å². The standard InChI is InChI=1S/C15H20ClN3O/c1-3-15-18-7-9-19(15)14-6-4-5-13(16)12(14)11-17-8-10-20-2/h4-7,9,17H,3,8,10-11H2,1-2H3. The molecule has 0 aliphatic carbocycles. The van der Waals surface area contributed by atoms with Gasteiger partial charge in [-0.25, -0.2) is 4.98 Å². The summed E-state index contributed by atoms with van der Waals surface area (Å²) in [5.74, 6) is 1.03. The first-order chi connectivity index (χ1) is 9.77. The van der Waals surface area contributed by atoms with Crippen molar-refractivity contribution in [1.29, 1.82) is 0 Å². The zero-order valence-corrected chi connectivity index (χ0v) is 12.7. The monoisotopic (exact) mass is 293 g/mol. The minimum absolute atomic E-state index is 0.686. The number of aryl methyl sites for hydroxylation is 1. The van der Waals surface area contributed by atoms with E-state index in [4.69, 9.17) is 16.3 Å². The maximum Gasteiger partial charge on any atom is 0.112 e. The van der Waals surface area contributed by atoms with Gasteiger partial charge >= 0.3 is 0 Å². The molecule has 0 atom stereocenters. The van der Waals surface area contributed by atoms with E-state index in [-0.39, 0.29) is 0 Å². The highest BCUT2D eigenvalue weighted by Crippen LogP contribution is 2.24. The molecule has 0 spiro atoms. The Bertz CT molecular complexity index is 554. The lowest BCUT2D eigenvalue weighted by molar-refractivity contribution is 0.199. The second-order valence-corrected chi connectivity index (χ2v) is 4.88. The van der Waals surface area contributed by atoms with Crippen molar-refractivity contribution >= 4 is 11.6 Å². The Morgan fingerprint density at radius 3 is 3.00 bits per heavy atom. The number of nitrogens with zero attached hydrogens (tertiary/aromatic N) is 2. The number of hydrogen-bond acceptors (Lipinski definition) is 3. The summed E-state index contributed by atoms with van der Waals surface area (Å²) in [6, 6.07) is 5.96. The summed E-state index contributed by atoms with van der Waals surface area (Å²) in [6.07, 6.45) is 4.68. The zero-order chi connectivity index (χ0) is 14.4. The van der Waals surface area contributed by atoms with Crippen molar-refractivity contribution in [3.8, 4) is 5.69 Å². The summed E-state index contributed by atoms with van der Waals surface area (Å²) in [5, 5.41) is 4.11. The first-order valence-corrected chi connectivity index (χ1v) is 7.15. The molecule has 2 rings (SSSR count). The third kappa shape index (κ3) is 3.39. The van der Waals surface area contributed by atoms with Gasteiger partial charge in [0, 0.05) is 49.6 Å². The van der Waals surface area contributed by atoms with Crippen LogP contribution in [0.1, 0.15) is 18.3 Å². The average Bonchev–Trinajstić information content (AvgIpc) is 2.93. The fourth-order valence-corrected chi connectivity index (χ4v) is 2.39. The number of methoxy groups -OCH3 is 1. The number of rotatable bonds is 7. The molecule has 2 aromatic rings. The van der Waals surface area contributed by atoms with Crippen LogP contribution in [-0.2, 0) is 17.7 Å². The molecule has 5 heteroatoms. The number of halogens is 1. The molecule has 0 radical (unpaired) electrons. The normalized spacial score (nSPS) is 10.9. The predicted molar refractivity (Wildman–Crippen MR) is 81.5 cm³/mol. The number of imidazole rings is 1. The van der Waals surface area contributed by atoms with Gasteiger partial charge in [-0.1, -0.05) is 24.6 Å². The first kappa shape index (κ1) is 15.0. The van der Waals surface area contributed by atoms with E-state index >= 15 is 0 Å². The van der Waals surface area contributed by atoms with E-state index < -0.39 is 0 Å². The van der Waals surface area contributed by atoms with Crippen LogP contribution in [0.25, 0.3) is 5.69 Å². The van der Waals surface area contributed by atoms with E-state index in [0.717, 1.165) is 35.1 Å². The van der Waals surface area contributed by atoms with Crippen LogP contribution in [0.3, 0.4) is 0 Å². The van der Waals surface area contributed by atoms with E-state index in [9.17, 15) is 0 Å². The molecular weight excluding hydrogens is 274 g/mol. The lowest BCUT2D eigenvalue weighted by Crippen LogP contribution is -2.20. The molecule has 4 nitrogen and oxygen atoms in total. The van der Waals surface area contributed by atoms with Gasteiger partial charge < -0.3 is 14.6 Å². The van der Waals surface area contributed by atoms with Gasteiger partial charge in [0.1, 0.15) is 5.82 Å². The molecule has 0 bridgehead atoms. The highest BCUT2D eigenvalue weighted by atomic mass is 35.5. The molecule has 0 aliphatic heterocycles. The van der Waals surface area contributed by atoms with Gasteiger partial charge in [-0.3, -0.25) is 0 Å². The second kappa shape index (κ2) is 7.43. The van der Waals surface area contributed by atoms with Gasteiger partial charge in [-0.05, 0) is 12.1 Å². The molecule has 1 N–H and O–H groups in total. The summed E-state index contributed by atoms with van der Waals surface area (Å²) >= 11 is 6.35. The van der Waals surface area contributed by atoms with Gasteiger partial charge in [-0.2, -0.15) is 0 Å². The quantitative estimate of drug-likeness (QED) is 0.798. The third-order valence-corrected chi connectivity index (χ3v) is 3.53. The molecule has 20 heavy (non-hydrogen) atoms. The zero-order valence-electron chi connectivity index (χ0n) is 11.9. The molecule has 0 unspecified atom stereocenters. The van der Waals surface area contributed by atoms with Crippen LogP contribution < -0.4 is 5.32 Å². The summed E-state index contributed by atoms with van der Waals surface area (Å²) in [7, 11) is 1.70. The van der Waals surface area contributed by atoms with E-state index in [0.29, 0.717) is 13.2 Å². The highest BCUT2D eigenvalue weighted by Gasteiger charge is 2.11. The molecular formula is C15H20ClN3O. The molecule has 0 fully saturated rings. The second-order valence-electron chi connectivity index (χ2n) is 4.47. The maximum atomic E-state index is 6.35. The van der Waals surface area contributed by atoms with Gasteiger partial charge in [0.05, 0.1) is 12.3 Å². The minimum atomic E-state index is 0.686. The van der Waals surface area contributed by atoms with Crippen molar-refractivity contribution < 1.29 is 4.74 Å². The number of ether oxygens (including phenoxy) is 1. The van der Waals surface area contributed by atoms with Crippen LogP contribution in [0, 0.1) is 0 Å². The fraction of sp³-hybridized carbons (Fsp3) is 0.400.